The molecule has 1 aliphatic carbocycles. The highest BCUT2D eigenvalue weighted by atomic mass is 16.6. The average Bonchev–Trinajstić information content (AvgIpc) is 2.90. The number of rotatable bonds is 5. The van der Waals surface area contributed by atoms with Crippen LogP contribution in [0.5, 0.6) is 0 Å². The summed E-state index contributed by atoms with van der Waals surface area (Å²) in [6.45, 7) is 5.92. The summed E-state index contributed by atoms with van der Waals surface area (Å²) in [5.41, 5.74) is 2.53. The van der Waals surface area contributed by atoms with Gasteiger partial charge in [-0.05, 0) is 56.1 Å². The Morgan fingerprint density at radius 2 is 1.46 bits per heavy atom. The molecular weight excluding hydrogens is 448 g/mol. The number of hydrogen-bond acceptors (Lipinski definition) is 8. The van der Waals surface area contributed by atoms with E-state index in [1.807, 2.05) is 12.1 Å². The molecule has 0 bridgehead atoms. The van der Waals surface area contributed by atoms with E-state index >= 15 is 0 Å². The molecule has 1 N–H and O–H groups in total. The highest BCUT2D eigenvalue weighted by Crippen LogP contribution is 2.46. The van der Waals surface area contributed by atoms with Crippen LogP contribution in [0.4, 0.5) is 17.1 Å². The maximum atomic E-state index is 11.0. The molecule has 0 atom stereocenters. The van der Waals surface area contributed by atoms with E-state index in [0.29, 0.717) is 11.5 Å². The molecule has 1 aromatic carbocycles. The zero-order valence-electron chi connectivity index (χ0n) is 19.9. The molecule has 2 aromatic rings. The van der Waals surface area contributed by atoms with Gasteiger partial charge in [-0.1, -0.05) is 0 Å². The number of nitrogens with zero attached hydrogens (tertiary/aromatic N) is 6. The molecule has 10 nitrogen and oxygen atoms in total. The van der Waals surface area contributed by atoms with Crippen molar-refractivity contribution >= 4 is 23.0 Å². The Morgan fingerprint density at radius 1 is 0.886 bits per heavy atom. The van der Waals surface area contributed by atoms with Crippen molar-refractivity contribution in [3.63, 3.8) is 0 Å². The maximum Gasteiger partial charge on any atom is 0.373 e. The number of non-ortho nitro benzene ring substituents is 1. The molecule has 2 saturated heterocycles. The van der Waals surface area contributed by atoms with Crippen molar-refractivity contribution in [3.8, 4) is 0 Å². The monoisotopic (exact) mass is 480 g/mol. The van der Waals surface area contributed by atoms with Gasteiger partial charge in [-0.25, -0.2) is 14.8 Å². The Balaban J connectivity index is 1.08. The van der Waals surface area contributed by atoms with E-state index in [-0.39, 0.29) is 16.4 Å². The van der Waals surface area contributed by atoms with Crippen LogP contribution < -0.4 is 9.80 Å². The van der Waals surface area contributed by atoms with Crippen LogP contribution in [0.2, 0.25) is 0 Å². The molecule has 2 aliphatic heterocycles. The van der Waals surface area contributed by atoms with Crippen molar-refractivity contribution < 1.29 is 14.8 Å². The molecule has 0 radical (unpaired) electrons. The van der Waals surface area contributed by atoms with Crippen LogP contribution in [0.1, 0.15) is 49.1 Å². The van der Waals surface area contributed by atoms with Crippen molar-refractivity contribution in [2.24, 2.45) is 5.41 Å². The fourth-order valence-electron chi connectivity index (χ4n) is 6.04. The number of piperazine rings is 1. The molecule has 5 rings (SSSR count). The van der Waals surface area contributed by atoms with Crippen molar-refractivity contribution in [1.82, 2.24) is 14.9 Å². The average molecular weight is 481 g/mol. The van der Waals surface area contributed by atoms with E-state index < -0.39 is 5.97 Å². The first-order chi connectivity index (χ1) is 16.9. The van der Waals surface area contributed by atoms with E-state index in [2.05, 4.69) is 24.7 Å². The number of hydrogen-bond donors (Lipinski definition) is 1. The topological polar surface area (TPSA) is 116 Å². The van der Waals surface area contributed by atoms with Crippen LogP contribution >= 0.6 is 0 Å². The lowest BCUT2D eigenvalue weighted by atomic mass is 9.66. The highest BCUT2D eigenvalue weighted by molar-refractivity contribution is 5.83. The van der Waals surface area contributed by atoms with Gasteiger partial charge in [0.15, 0.2) is 0 Å². The second-order valence-corrected chi connectivity index (χ2v) is 10.1. The summed E-state index contributed by atoms with van der Waals surface area (Å²) in [6, 6.07) is 7.54. The first-order valence-corrected chi connectivity index (χ1v) is 12.5. The fourth-order valence-corrected chi connectivity index (χ4v) is 6.04. The number of aromatic carboxylic acids is 1. The number of piperidine rings is 1. The summed E-state index contributed by atoms with van der Waals surface area (Å²) < 4.78 is 0. The second-order valence-electron chi connectivity index (χ2n) is 10.1. The molecular formula is C25H32N6O4. The summed E-state index contributed by atoms with van der Waals surface area (Å²) in [5.74, 6) is -1.26. The quantitative estimate of drug-likeness (QED) is 0.507. The smallest absolute Gasteiger partial charge is 0.373 e. The number of anilines is 2. The van der Waals surface area contributed by atoms with Gasteiger partial charge in [-0.15, -0.1) is 0 Å². The molecule has 1 spiro atoms. The Labute approximate surface area is 204 Å². The van der Waals surface area contributed by atoms with Crippen LogP contribution in [0.15, 0.2) is 36.7 Å². The molecule has 186 valence electrons. The number of nitro groups is 1. The van der Waals surface area contributed by atoms with Gasteiger partial charge in [0.25, 0.3) is 5.69 Å². The van der Waals surface area contributed by atoms with Gasteiger partial charge in [0.1, 0.15) is 0 Å². The van der Waals surface area contributed by atoms with Gasteiger partial charge < -0.3 is 14.9 Å². The summed E-state index contributed by atoms with van der Waals surface area (Å²) in [5, 5.41) is 19.9. The second kappa shape index (κ2) is 9.77. The first kappa shape index (κ1) is 23.5. The standard InChI is InChI=1S/C25H32N6O4/c32-24(33)23-26-17-22(18-27-23)28-11-9-25(10-12-28)7-5-20(6-8-25)30-15-13-29(14-16-30)19-1-3-21(4-2-19)31(34)35/h1-4,17-18,20H,5-16H2,(H,32,33). The summed E-state index contributed by atoms with van der Waals surface area (Å²) in [6.07, 6.45) is 10.6. The largest absolute Gasteiger partial charge is 0.475 e. The third kappa shape index (κ3) is 5.07. The predicted octanol–water partition coefficient (Wildman–Crippen LogP) is 3.43. The molecule has 3 heterocycles. The van der Waals surface area contributed by atoms with Crippen LogP contribution in [-0.4, -0.2) is 76.2 Å². The SMILES string of the molecule is O=C(O)c1ncc(N2CCC3(CCC(N4CCN(c5ccc([N+](=O)[O-])cc5)CC4)CC3)CC2)cn1. The summed E-state index contributed by atoms with van der Waals surface area (Å²) in [7, 11) is 0. The number of carbonyl (C=O) groups is 1. The molecule has 0 unspecified atom stereocenters. The minimum absolute atomic E-state index is 0.138. The van der Waals surface area contributed by atoms with Crippen molar-refractivity contribution in [3.05, 3.63) is 52.6 Å². The normalized spacial score (nSPS) is 21.3. The van der Waals surface area contributed by atoms with Crippen LogP contribution in [0, 0.1) is 15.5 Å². The number of nitro benzene ring substituents is 1. The molecule has 1 saturated carbocycles. The Hall–Kier alpha value is -3.27. The van der Waals surface area contributed by atoms with Crippen molar-refractivity contribution in [2.75, 3.05) is 49.1 Å². The molecule has 10 heteroatoms. The lowest BCUT2D eigenvalue weighted by Crippen LogP contribution is -2.52. The fraction of sp³-hybridized carbons (Fsp3) is 0.560. The first-order valence-electron chi connectivity index (χ1n) is 12.5. The third-order valence-electron chi connectivity index (χ3n) is 8.29. The Morgan fingerprint density at radius 3 is 2.00 bits per heavy atom. The Bertz CT molecular complexity index is 1030. The van der Waals surface area contributed by atoms with Crippen molar-refractivity contribution in [1.29, 1.82) is 0 Å². The zero-order valence-corrected chi connectivity index (χ0v) is 19.9. The third-order valence-corrected chi connectivity index (χ3v) is 8.29. The minimum Gasteiger partial charge on any atom is -0.475 e. The van der Waals surface area contributed by atoms with Crippen LogP contribution in [-0.2, 0) is 0 Å². The summed E-state index contributed by atoms with van der Waals surface area (Å²) >= 11 is 0. The molecule has 3 fully saturated rings. The van der Waals surface area contributed by atoms with E-state index in [9.17, 15) is 14.9 Å². The van der Waals surface area contributed by atoms with E-state index in [1.165, 1.54) is 25.7 Å². The Kier molecular flexibility index (Phi) is 6.55. The van der Waals surface area contributed by atoms with Gasteiger partial charge in [-0.3, -0.25) is 15.0 Å². The van der Waals surface area contributed by atoms with E-state index in [0.717, 1.165) is 63.5 Å². The zero-order chi connectivity index (χ0) is 24.4. The van der Waals surface area contributed by atoms with Gasteiger partial charge >= 0.3 is 5.97 Å². The number of benzene rings is 1. The predicted molar refractivity (Wildman–Crippen MR) is 132 cm³/mol. The van der Waals surface area contributed by atoms with Crippen molar-refractivity contribution in [2.45, 2.75) is 44.6 Å². The van der Waals surface area contributed by atoms with E-state index in [1.54, 1.807) is 24.5 Å². The number of carboxylic acid groups (broad SMARTS) is 1. The van der Waals surface area contributed by atoms with Gasteiger partial charge in [-0.2, -0.15) is 0 Å². The van der Waals surface area contributed by atoms with E-state index in [4.69, 9.17) is 5.11 Å². The van der Waals surface area contributed by atoms with Gasteiger partial charge in [0, 0.05) is 63.1 Å². The number of aromatic nitrogens is 2. The molecule has 35 heavy (non-hydrogen) atoms. The molecule has 3 aliphatic rings. The van der Waals surface area contributed by atoms with Gasteiger partial charge in [0.05, 0.1) is 23.0 Å². The molecule has 1 aromatic heterocycles. The lowest BCUT2D eigenvalue weighted by Gasteiger charge is -2.49. The minimum atomic E-state index is -1.10. The lowest BCUT2D eigenvalue weighted by molar-refractivity contribution is -0.384. The van der Waals surface area contributed by atoms with Gasteiger partial charge in [0.2, 0.25) is 5.82 Å². The van der Waals surface area contributed by atoms with Crippen LogP contribution in [0.3, 0.4) is 0 Å². The summed E-state index contributed by atoms with van der Waals surface area (Å²) in [4.78, 5) is 36.7. The highest BCUT2D eigenvalue weighted by Gasteiger charge is 2.40. The maximum absolute atomic E-state index is 11.0. The van der Waals surface area contributed by atoms with Crippen LogP contribution in [0.25, 0.3) is 0 Å². The number of carboxylic acids is 1. The molecule has 0 amide bonds.